The molecule has 0 fully saturated rings. The molecular weight excluding hydrogens is 280 g/mol. The Bertz CT molecular complexity index is 881. The van der Waals surface area contributed by atoms with E-state index in [1.807, 2.05) is 33.0 Å². The Morgan fingerprint density at radius 1 is 1.09 bits per heavy atom. The summed E-state index contributed by atoms with van der Waals surface area (Å²) in [7, 11) is 2.03. The van der Waals surface area contributed by atoms with Crippen LogP contribution in [0.2, 0.25) is 0 Å². The van der Waals surface area contributed by atoms with Crippen molar-refractivity contribution in [2.24, 2.45) is 7.05 Å². The number of aromatic nitrogens is 2. The third-order valence-corrected chi connectivity index (χ3v) is 5.05. The first-order chi connectivity index (χ1) is 10.2. The molecule has 2 heterocycles. The van der Waals surface area contributed by atoms with Gasteiger partial charge in [-0.15, -0.1) is 0 Å². The van der Waals surface area contributed by atoms with E-state index >= 15 is 0 Å². The van der Waals surface area contributed by atoms with Gasteiger partial charge in [-0.1, -0.05) is 45.9 Å². The number of fused-ring (bicyclic) bond motifs is 1. The van der Waals surface area contributed by atoms with Crippen molar-refractivity contribution in [3.8, 4) is 0 Å². The summed E-state index contributed by atoms with van der Waals surface area (Å²) in [5.41, 5.74) is 1.52. The number of nitrogens with zero attached hydrogens (tertiary/aromatic N) is 2. The second kappa shape index (κ2) is 4.60. The van der Waals surface area contributed by atoms with Crippen LogP contribution in [0.3, 0.4) is 0 Å². The minimum absolute atomic E-state index is 0.315. The molecule has 0 bridgehead atoms. The van der Waals surface area contributed by atoms with Crippen molar-refractivity contribution in [3.63, 3.8) is 0 Å². The number of rotatable bonds is 3. The second-order valence-corrected chi connectivity index (χ2v) is 6.76. The largest absolute Gasteiger partial charge is 0.542 e. The number of benzene rings is 1. The van der Waals surface area contributed by atoms with Gasteiger partial charge in [-0.3, -0.25) is 4.52 Å². The number of hydrogen-bond acceptors (Lipinski definition) is 4. The first-order valence-electron chi connectivity index (χ1n) is 7.27. The molecule has 0 aliphatic carbocycles. The normalized spacial score (nSPS) is 13.0. The molecule has 0 amide bonds. The van der Waals surface area contributed by atoms with E-state index in [1.54, 1.807) is 0 Å². The Morgan fingerprint density at radius 2 is 1.77 bits per heavy atom. The number of hydrogen-bond donors (Lipinski definition) is 0. The summed E-state index contributed by atoms with van der Waals surface area (Å²) < 4.78 is 11.8. The minimum atomic E-state index is -0.767. The highest BCUT2D eigenvalue weighted by Crippen LogP contribution is 2.45. The van der Waals surface area contributed by atoms with Crippen LogP contribution in [0.4, 0.5) is 0 Å². The number of para-hydroxylation sites is 1. The van der Waals surface area contributed by atoms with Crippen molar-refractivity contribution in [2.45, 2.75) is 38.5 Å². The molecule has 22 heavy (non-hydrogen) atoms. The van der Waals surface area contributed by atoms with Crippen LogP contribution in [0, 0.1) is 0 Å². The maximum absolute atomic E-state index is 11.2. The first kappa shape index (κ1) is 14.6. The van der Waals surface area contributed by atoms with Crippen molar-refractivity contribution in [3.05, 3.63) is 52.5 Å². The maximum Gasteiger partial charge on any atom is 0.542 e. The molecule has 0 spiro atoms. The summed E-state index contributed by atoms with van der Waals surface area (Å²) in [5, 5.41) is 4.99. The molecule has 0 aliphatic rings. The lowest BCUT2D eigenvalue weighted by Crippen LogP contribution is -2.40. The van der Waals surface area contributed by atoms with Crippen molar-refractivity contribution in [2.75, 3.05) is 0 Å². The highest BCUT2D eigenvalue weighted by atomic mass is 16.6. The van der Waals surface area contributed by atoms with Crippen molar-refractivity contribution < 1.29 is 8.94 Å². The Balaban J connectivity index is 2.21. The lowest BCUT2D eigenvalue weighted by Gasteiger charge is -2.38. The second-order valence-electron chi connectivity index (χ2n) is 6.76. The average molecular weight is 300 g/mol. The zero-order valence-electron chi connectivity index (χ0n) is 13.5. The van der Waals surface area contributed by atoms with Gasteiger partial charge in [0.2, 0.25) is 5.89 Å². The molecule has 0 aliphatic heterocycles. The minimum Gasteiger partial charge on any atom is -0.374 e. The van der Waals surface area contributed by atoms with Gasteiger partial charge in [0.25, 0.3) is 0 Å². The molecule has 0 saturated carbocycles. The van der Waals surface area contributed by atoms with E-state index in [2.05, 4.69) is 46.4 Å². The van der Waals surface area contributed by atoms with Crippen molar-refractivity contribution >= 4 is 10.9 Å². The molecule has 116 valence electrons. The molecule has 0 saturated heterocycles. The fourth-order valence-electron chi connectivity index (χ4n) is 2.88. The summed E-state index contributed by atoms with van der Waals surface area (Å²) >= 11 is 0. The van der Waals surface area contributed by atoms with E-state index in [9.17, 15) is 4.79 Å². The standard InChI is InChI=1S/C17H20N2O3/c1-16(2,17(3,4)14-18-22-15(20)21-14)12-10-19(5)13-9-7-6-8-11(12)13/h6-10H,1-5H3. The quantitative estimate of drug-likeness (QED) is 0.744. The fourth-order valence-corrected chi connectivity index (χ4v) is 2.88. The van der Waals surface area contributed by atoms with Gasteiger partial charge >= 0.3 is 5.82 Å². The molecule has 3 aromatic rings. The lowest BCUT2D eigenvalue weighted by molar-refractivity contribution is 0.239. The van der Waals surface area contributed by atoms with Crippen LogP contribution < -0.4 is 5.82 Å². The van der Waals surface area contributed by atoms with Crippen LogP contribution in [-0.2, 0) is 17.9 Å². The zero-order valence-corrected chi connectivity index (χ0v) is 13.5. The molecule has 0 atom stereocenters. The topological polar surface area (TPSA) is 61.2 Å². The summed E-state index contributed by atoms with van der Waals surface area (Å²) in [6.07, 6.45) is 2.13. The average Bonchev–Trinajstić information content (AvgIpc) is 3.04. The Labute approximate surface area is 128 Å². The lowest BCUT2D eigenvalue weighted by atomic mass is 9.64. The predicted molar refractivity (Wildman–Crippen MR) is 84.0 cm³/mol. The first-order valence-corrected chi connectivity index (χ1v) is 7.27. The Morgan fingerprint density at radius 3 is 2.41 bits per heavy atom. The smallest absolute Gasteiger partial charge is 0.374 e. The summed E-state index contributed by atoms with van der Waals surface area (Å²) in [6.45, 7) is 8.28. The van der Waals surface area contributed by atoms with Gasteiger partial charge in [-0.2, -0.15) is 0 Å². The van der Waals surface area contributed by atoms with E-state index in [-0.39, 0.29) is 5.41 Å². The van der Waals surface area contributed by atoms with Gasteiger partial charge < -0.3 is 8.98 Å². The SMILES string of the molecule is Cn1cc(C(C)(C)C(C)(C)c2noc(=O)o2)c2ccccc21. The van der Waals surface area contributed by atoms with Crippen LogP contribution in [0.5, 0.6) is 0 Å². The van der Waals surface area contributed by atoms with Gasteiger partial charge in [0.15, 0.2) is 0 Å². The van der Waals surface area contributed by atoms with Crippen LogP contribution >= 0.6 is 0 Å². The van der Waals surface area contributed by atoms with E-state index in [1.165, 1.54) is 16.5 Å². The molecule has 2 aromatic heterocycles. The molecule has 5 nitrogen and oxygen atoms in total. The molecule has 0 N–H and O–H groups in total. The van der Waals surface area contributed by atoms with Gasteiger partial charge in [-0.25, -0.2) is 4.79 Å². The Hall–Kier alpha value is -2.30. The van der Waals surface area contributed by atoms with E-state index < -0.39 is 11.2 Å². The van der Waals surface area contributed by atoms with Gasteiger partial charge in [0.1, 0.15) is 0 Å². The van der Waals surface area contributed by atoms with Gasteiger partial charge in [0.05, 0.1) is 5.41 Å². The highest BCUT2D eigenvalue weighted by molar-refractivity contribution is 5.85. The van der Waals surface area contributed by atoms with Crippen LogP contribution in [0.1, 0.15) is 39.1 Å². The van der Waals surface area contributed by atoms with Gasteiger partial charge in [0, 0.05) is 29.6 Å². The molecule has 1 aromatic carbocycles. The summed E-state index contributed by atoms with van der Waals surface area (Å²) in [5.74, 6) is -0.452. The zero-order chi connectivity index (χ0) is 16.1. The van der Waals surface area contributed by atoms with E-state index in [4.69, 9.17) is 4.42 Å². The van der Waals surface area contributed by atoms with E-state index in [0.717, 1.165) is 0 Å². The van der Waals surface area contributed by atoms with Gasteiger partial charge in [-0.05, 0) is 16.8 Å². The summed E-state index contributed by atoms with van der Waals surface area (Å²) in [4.78, 5) is 11.2. The van der Waals surface area contributed by atoms with Crippen LogP contribution in [-0.4, -0.2) is 9.72 Å². The Kier molecular flexibility index (Phi) is 3.06. The monoisotopic (exact) mass is 300 g/mol. The highest BCUT2D eigenvalue weighted by Gasteiger charge is 2.45. The number of aryl methyl sites for hydroxylation is 1. The predicted octanol–water partition coefficient (Wildman–Crippen LogP) is 3.37. The third kappa shape index (κ3) is 1.92. The van der Waals surface area contributed by atoms with E-state index in [0.29, 0.717) is 5.89 Å². The van der Waals surface area contributed by atoms with Crippen molar-refractivity contribution in [1.29, 1.82) is 0 Å². The molecule has 0 unspecified atom stereocenters. The molecular formula is C17H20N2O3. The molecule has 3 rings (SSSR count). The maximum atomic E-state index is 11.2. The van der Waals surface area contributed by atoms with Crippen LogP contribution in [0.25, 0.3) is 10.9 Å². The fraction of sp³-hybridized carbons (Fsp3) is 0.412. The third-order valence-electron chi connectivity index (χ3n) is 5.05. The molecule has 5 heteroatoms. The van der Waals surface area contributed by atoms with Crippen LogP contribution in [0.15, 0.2) is 44.2 Å². The van der Waals surface area contributed by atoms with Crippen molar-refractivity contribution in [1.82, 2.24) is 9.72 Å². The summed E-state index contributed by atoms with van der Waals surface area (Å²) in [6, 6.07) is 8.27. The molecule has 0 radical (unpaired) electrons.